The van der Waals surface area contributed by atoms with E-state index in [2.05, 4.69) is 16.0 Å². The highest BCUT2D eigenvalue weighted by Gasteiger charge is 2.01. The van der Waals surface area contributed by atoms with E-state index in [1.807, 2.05) is 60.7 Å². The van der Waals surface area contributed by atoms with Crippen LogP contribution in [0.1, 0.15) is 0 Å². The Morgan fingerprint density at radius 3 is 1.37 bits per heavy atom. The van der Waals surface area contributed by atoms with Gasteiger partial charge in [-0.1, -0.05) is 36.4 Å². The van der Waals surface area contributed by atoms with Gasteiger partial charge in [0.15, 0.2) is 10.2 Å². The molecule has 0 fully saturated rings. The molecule has 3 N–H and O–H groups in total. The van der Waals surface area contributed by atoms with Crippen LogP contribution < -0.4 is 16.0 Å². The quantitative estimate of drug-likeness (QED) is 0.738. The number of para-hydroxylation sites is 2. The highest BCUT2D eigenvalue weighted by molar-refractivity contribution is 7.82. The fourth-order valence-electron chi connectivity index (χ4n) is 1.47. The molecule has 19 heavy (non-hydrogen) atoms. The van der Waals surface area contributed by atoms with Gasteiger partial charge in [0.1, 0.15) is 0 Å². The van der Waals surface area contributed by atoms with Crippen LogP contribution in [0.25, 0.3) is 0 Å². The van der Waals surface area contributed by atoms with Gasteiger partial charge in [0.05, 0.1) is 0 Å². The van der Waals surface area contributed by atoms with Crippen molar-refractivity contribution in [2.24, 2.45) is 0 Å². The number of thiocarbonyl (C=S) groups is 2. The van der Waals surface area contributed by atoms with Gasteiger partial charge in [0.2, 0.25) is 0 Å². The number of hydrogen-bond donors (Lipinski definition) is 3. The van der Waals surface area contributed by atoms with E-state index >= 15 is 0 Å². The van der Waals surface area contributed by atoms with Crippen molar-refractivity contribution in [2.75, 3.05) is 10.6 Å². The van der Waals surface area contributed by atoms with Crippen LogP contribution in [0.5, 0.6) is 0 Å². The Hall–Kier alpha value is -1.98. The molecule has 0 bridgehead atoms. The summed E-state index contributed by atoms with van der Waals surface area (Å²) in [5.41, 5.74) is 1.84. The molecule has 0 atom stereocenters. The Kier molecular flexibility index (Phi) is 4.83. The highest BCUT2D eigenvalue weighted by Crippen LogP contribution is 2.06. The van der Waals surface area contributed by atoms with Crippen LogP contribution in [0.3, 0.4) is 0 Å². The van der Waals surface area contributed by atoms with Crippen molar-refractivity contribution in [3.05, 3.63) is 60.7 Å². The van der Waals surface area contributed by atoms with Crippen molar-refractivity contribution in [2.45, 2.75) is 0 Å². The predicted octanol–water partition coefficient (Wildman–Crippen LogP) is 3.37. The Labute approximate surface area is 123 Å². The molecule has 2 aromatic rings. The third-order valence-electron chi connectivity index (χ3n) is 2.29. The van der Waals surface area contributed by atoms with Gasteiger partial charge in [0.25, 0.3) is 0 Å². The highest BCUT2D eigenvalue weighted by atomic mass is 32.1. The topological polar surface area (TPSA) is 36.1 Å². The Morgan fingerprint density at radius 1 is 0.632 bits per heavy atom. The van der Waals surface area contributed by atoms with Gasteiger partial charge in [-0.25, -0.2) is 0 Å². The number of rotatable bonds is 2. The minimum atomic E-state index is 0.458. The van der Waals surface area contributed by atoms with Crippen LogP contribution >= 0.6 is 24.4 Å². The Morgan fingerprint density at radius 2 is 1.00 bits per heavy atom. The number of nitrogens with one attached hydrogen (secondary N) is 3. The standard InChI is InChI=1S/C14H13N3S2/c18-13(15-11-7-3-1-4-8-11)17-14(19)16-12-9-5-2-6-10-12/h1-10H,(H3,15,16,17,18,19). The Bertz CT molecular complexity index is 504. The zero-order valence-corrected chi connectivity index (χ0v) is 11.7. The van der Waals surface area contributed by atoms with Gasteiger partial charge >= 0.3 is 0 Å². The van der Waals surface area contributed by atoms with E-state index < -0.39 is 0 Å². The van der Waals surface area contributed by atoms with Crippen LogP contribution in [0.4, 0.5) is 11.4 Å². The molecule has 0 heterocycles. The first-order chi connectivity index (χ1) is 9.24. The average Bonchev–Trinajstić information content (AvgIpc) is 2.40. The molecule has 0 aliphatic carbocycles. The lowest BCUT2D eigenvalue weighted by Crippen LogP contribution is -2.37. The molecule has 0 radical (unpaired) electrons. The molecule has 0 saturated heterocycles. The summed E-state index contributed by atoms with van der Waals surface area (Å²) in [7, 11) is 0. The lowest BCUT2D eigenvalue weighted by molar-refractivity contribution is 1.39. The molecule has 5 heteroatoms. The monoisotopic (exact) mass is 287 g/mol. The second-order valence-corrected chi connectivity index (χ2v) is 4.58. The van der Waals surface area contributed by atoms with Crippen molar-refractivity contribution in [3.8, 4) is 0 Å². The molecule has 2 rings (SSSR count). The van der Waals surface area contributed by atoms with Gasteiger partial charge in [-0.15, -0.1) is 0 Å². The molecule has 0 spiro atoms. The van der Waals surface area contributed by atoms with E-state index in [1.54, 1.807) is 0 Å². The summed E-state index contributed by atoms with van der Waals surface area (Å²) in [6.45, 7) is 0. The molecule has 0 aliphatic heterocycles. The largest absolute Gasteiger partial charge is 0.332 e. The molecule has 0 aromatic heterocycles. The zero-order valence-electron chi connectivity index (χ0n) is 10.1. The number of hydrogen-bond acceptors (Lipinski definition) is 2. The van der Waals surface area contributed by atoms with E-state index in [4.69, 9.17) is 24.4 Å². The molecule has 2 aromatic carbocycles. The second-order valence-electron chi connectivity index (χ2n) is 3.77. The van der Waals surface area contributed by atoms with Crippen molar-refractivity contribution in [1.29, 1.82) is 0 Å². The molecule has 0 unspecified atom stereocenters. The second kappa shape index (κ2) is 6.82. The summed E-state index contributed by atoms with van der Waals surface area (Å²) in [5, 5.41) is 9.94. The van der Waals surface area contributed by atoms with Crippen molar-refractivity contribution in [1.82, 2.24) is 5.32 Å². The molecule has 3 nitrogen and oxygen atoms in total. The van der Waals surface area contributed by atoms with Crippen LogP contribution in [-0.2, 0) is 0 Å². The predicted molar refractivity (Wildman–Crippen MR) is 88.5 cm³/mol. The maximum atomic E-state index is 5.18. The van der Waals surface area contributed by atoms with Gasteiger partial charge in [0, 0.05) is 11.4 Å². The summed E-state index contributed by atoms with van der Waals surface area (Å²) in [6.07, 6.45) is 0. The molecule has 0 aliphatic rings. The van der Waals surface area contributed by atoms with Crippen LogP contribution in [-0.4, -0.2) is 10.2 Å². The van der Waals surface area contributed by atoms with Gasteiger partial charge in [-0.05, 0) is 48.7 Å². The van der Waals surface area contributed by atoms with Crippen molar-refractivity contribution >= 4 is 46.0 Å². The minimum Gasteiger partial charge on any atom is -0.332 e. The minimum absolute atomic E-state index is 0.458. The first kappa shape index (κ1) is 13.5. The lowest BCUT2D eigenvalue weighted by atomic mass is 10.3. The summed E-state index contributed by atoms with van der Waals surface area (Å²) in [5.74, 6) is 0. The molecular formula is C14H13N3S2. The van der Waals surface area contributed by atoms with E-state index in [-0.39, 0.29) is 0 Å². The zero-order chi connectivity index (χ0) is 13.5. The maximum absolute atomic E-state index is 5.18. The average molecular weight is 287 g/mol. The maximum Gasteiger partial charge on any atom is 0.177 e. The third-order valence-corrected chi connectivity index (χ3v) is 2.70. The number of anilines is 2. The number of benzene rings is 2. The normalized spacial score (nSPS) is 9.47. The van der Waals surface area contributed by atoms with Gasteiger partial charge < -0.3 is 16.0 Å². The smallest absolute Gasteiger partial charge is 0.177 e. The van der Waals surface area contributed by atoms with Crippen LogP contribution in [0.2, 0.25) is 0 Å². The van der Waals surface area contributed by atoms with E-state index in [0.29, 0.717) is 10.2 Å². The van der Waals surface area contributed by atoms with Crippen LogP contribution in [0, 0.1) is 0 Å². The molecule has 0 amide bonds. The molecule has 0 saturated carbocycles. The third kappa shape index (κ3) is 4.65. The van der Waals surface area contributed by atoms with Crippen molar-refractivity contribution in [3.63, 3.8) is 0 Å². The summed E-state index contributed by atoms with van der Waals surface area (Å²) < 4.78 is 0. The van der Waals surface area contributed by atoms with Crippen LogP contribution in [0.15, 0.2) is 60.7 Å². The van der Waals surface area contributed by atoms with E-state index in [9.17, 15) is 0 Å². The van der Waals surface area contributed by atoms with E-state index in [1.165, 1.54) is 0 Å². The fourth-order valence-corrected chi connectivity index (χ4v) is 1.98. The SMILES string of the molecule is S=C(NC(=S)Nc1ccccc1)Nc1ccccc1. The first-order valence-electron chi connectivity index (χ1n) is 5.73. The van der Waals surface area contributed by atoms with Gasteiger partial charge in [-0.3, -0.25) is 0 Å². The summed E-state index contributed by atoms with van der Waals surface area (Å²) >= 11 is 10.4. The van der Waals surface area contributed by atoms with Crippen molar-refractivity contribution < 1.29 is 0 Å². The van der Waals surface area contributed by atoms with Gasteiger partial charge in [-0.2, -0.15) is 0 Å². The summed E-state index contributed by atoms with van der Waals surface area (Å²) in [4.78, 5) is 0. The summed E-state index contributed by atoms with van der Waals surface area (Å²) in [6, 6.07) is 19.4. The molecule has 96 valence electrons. The van der Waals surface area contributed by atoms with E-state index in [0.717, 1.165) is 11.4 Å². The fraction of sp³-hybridized carbons (Fsp3) is 0. The Balaban J connectivity index is 1.84. The lowest BCUT2D eigenvalue weighted by Gasteiger charge is -2.12. The molecular weight excluding hydrogens is 274 g/mol. The first-order valence-corrected chi connectivity index (χ1v) is 6.55.